The van der Waals surface area contributed by atoms with Crippen molar-refractivity contribution < 1.29 is 26.4 Å². The first-order valence-electron chi connectivity index (χ1n) is 8.12. The highest BCUT2D eigenvalue weighted by molar-refractivity contribution is 7.93. The molecule has 3 aromatic rings. The van der Waals surface area contributed by atoms with Crippen molar-refractivity contribution in [2.45, 2.75) is 29.7 Å². The maximum atomic E-state index is 12.9. The molecule has 0 saturated carbocycles. The van der Waals surface area contributed by atoms with E-state index in [9.17, 15) is 26.4 Å². The fraction of sp³-hybridized carbons (Fsp3) is 0.222. The fourth-order valence-corrected chi connectivity index (χ4v) is 5.02. The molecule has 29 heavy (non-hydrogen) atoms. The summed E-state index contributed by atoms with van der Waals surface area (Å²) >= 11 is 7.01. The minimum atomic E-state index is -4.71. The van der Waals surface area contributed by atoms with E-state index in [1.54, 1.807) is 18.2 Å². The predicted octanol–water partition coefficient (Wildman–Crippen LogP) is 5.16. The predicted molar refractivity (Wildman–Crippen MR) is 106 cm³/mol. The van der Waals surface area contributed by atoms with Crippen molar-refractivity contribution in [3.63, 3.8) is 0 Å². The molecule has 0 spiro atoms. The molecule has 1 N–H and O–H groups in total. The van der Waals surface area contributed by atoms with Crippen LogP contribution in [0.2, 0.25) is 5.02 Å². The van der Waals surface area contributed by atoms with Crippen LogP contribution in [-0.2, 0) is 20.8 Å². The van der Waals surface area contributed by atoms with Gasteiger partial charge < -0.3 is 5.32 Å². The minimum Gasteiger partial charge on any atom is -0.301 e. The molecule has 0 saturated heterocycles. The third-order valence-corrected chi connectivity index (χ3v) is 7.83. The van der Waals surface area contributed by atoms with Crippen molar-refractivity contribution in [1.29, 1.82) is 0 Å². The molecule has 11 heteroatoms. The third kappa shape index (κ3) is 4.10. The first kappa shape index (κ1) is 21.5. The summed E-state index contributed by atoms with van der Waals surface area (Å²) in [6, 6.07) is 8.21. The van der Waals surface area contributed by atoms with Crippen molar-refractivity contribution in [1.82, 2.24) is 4.98 Å². The highest BCUT2D eigenvalue weighted by Gasteiger charge is 2.44. The molecule has 1 heterocycles. The summed E-state index contributed by atoms with van der Waals surface area (Å²) in [6.45, 7) is 2.25. The molecule has 2 aromatic carbocycles. The lowest BCUT2D eigenvalue weighted by Gasteiger charge is -2.23. The zero-order chi connectivity index (χ0) is 21.6. The molecule has 3 rings (SSSR count). The largest absolute Gasteiger partial charge is 0.416 e. The molecule has 0 unspecified atom stereocenters. The lowest BCUT2D eigenvalue weighted by Crippen LogP contribution is -2.44. The van der Waals surface area contributed by atoms with Gasteiger partial charge >= 0.3 is 6.18 Å². The van der Waals surface area contributed by atoms with Crippen LogP contribution in [0.3, 0.4) is 0 Å². The Morgan fingerprint density at radius 2 is 1.83 bits per heavy atom. The van der Waals surface area contributed by atoms with Crippen molar-refractivity contribution in [3.05, 3.63) is 53.1 Å². The van der Waals surface area contributed by atoms with E-state index in [1.165, 1.54) is 0 Å². The van der Waals surface area contributed by atoms with Crippen LogP contribution in [0.25, 0.3) is 10.2 Å². The van der Waals surface area contributed by atoms with Crippen LogP contribution < -0.4 is 5.32 Å². The molecule has 1 amide bonds. The van der Waals surface area contributed by atoms with Crippen molar-refractivity contribution in [3.8, 4) is 0 Å². The minimum absolute atomic E-state index is 0.152. The Labute approximate surface area is 173 Å². The standard InChI is InChI=1S/C18H14ClF3N2O3S2/c1-17(2,29(26,27)12-5-3-4-10(8-12)18(20,21)22)15(25)24-16-23-13-7-6-11(19)9-14(13)28-16/h3-9H,1-2H3,(H,23,24,25). The quantitative estimate of drug-likeness (QED) is 0.581. The number of carbonyl (C=O) groups is 1. The summed E-state index contributed by atoms with van der Waals surface area (Å²) in [4.78, 5) is 16.3. The highest BCUT2D eigenvalue weighted by atomic mass is 35.5. The number of fused-ring (bicyclic) bond motifs is 1. The fourth-order valence-electron chi connectivity index (χ4n) is 2.46. The van der Waals surface area contributed by atoms with Crippen molar-refractivity contribution in [2.75, 3.05) is 5.32 Å². The smallest absolute Gasteiger partial charge is 0.301 e. The number of rotatable bonds is 4. The van der Waals surface area contributed by atoms with Gasteiger partial charge in [-0.3, -0.25) is 4.79 Å². The second-order valence-corrected chi connectivity index (χ2v) is 10.6. The number of hydrogen-bond acceptors (Lipinski definition) is 5. The van der Waals surface area contributed by atoms with Crippen LogP contribution in [-0.4, -0.2) is 24.1 Å². The Morgan fingerprint density at radius 1 is 1.14 bits per heavy atom. The molecule has 0 aliphatic carbocycles. The van der Waals surface area contributed by atoms with E-state index in [4.69, 9.17) is 11.6 Å². The average Bonchev–Trinajstić information content (AvgIpc) is 3.02. The molecule has 5 nitrogen and oxygen atoms in total. The van der Waals surface area contributed by atoms with E-state index in [-0.39, 0.29) is 5.13 Å². The molecule has 0 aliphatic rings. The first-order valence-corrected chi connectivity index (χ1v) is 10.8. The van der Waals surface area contributed by atoms with Gasteiger partial charge in [0.15, 0.2) is 15.0 Å². The van der Waals surface area contributed by atoms with Gasteiger partial charge in [0.2, 0.25) is 5.91 Å². The van der Waals surface area contributed by atoms with Gasteiger partial charge in [-0.05, 0) is 50.2 Å². The maximum absolute atomic E-state index is 12.9. The Hall–Kier alpha value is -2.17. The third-order valence-electron chi connectivity index (χ3n) is 4.26. The van der Waals surface area contributed by atoms with Crippen LogP contribution in [0.5, 0.6) is 0 Å². The summed E-state index contributed by atoms with van der Waals surface area (Å²) < 4.78 is 63.3. The van der Waals surface area contributed by atoms with E-state index < -0.39 is 37.1 Å². The van der Waals surface area contributed by atoms with Crippen LogP contribution in [0, 0.1) is 0 Å². The van der Waals surface area contributed by atoms with Gasteiger partial charge in [0, 0.05) is 5.02 Å². The molecule has 0 bridgehead atoms. The Kier molecular flexibility index (Phi) is 5.39. The average molecular weight is 463 g/mol. The number of amides is 1. The van der Waals surface area contributed by atoms with E-state index in [0.717, 1.165) is 43.4 Å². The van der Waals surface area contributed by atoms with Gasteiger partial charge in [-0.25, -0.2) is 13.4 Å². The molecule has 0 atom stereocenters. The molecule has 0 fully saturated rings. The van der Waals surface area contributed by atoms with Crippen LogP contribution >= 0.6 is 22.9 Å². The van der Waals surface area contributed by atoms with Crippen LogP contribution in [0.4, 0.5) is 18.3 Å². The summed E-state index contributed by atoms with van der Waals surface area (Å²) in [5.41, 5.74) is -0.550. The Morgan fingerprint density at radius 3 is 2.48 bits per heavy atom. The topological polar surface area (TPSA) is 76.1 Å². The van der Waals surface area contributed by atoms with Crippen LogP contribution in [0.1, 0.15) is 19.4 Å². The second-order valence-electron chi connectivity index (χ2n) is 6.62. The number of carbonyl (C=O) groups excluding carboxylic acids is 1. The summed E-state index contributed by atoms with van der Waals surface area (Å²) in [7, 11) is -4.43. The Balaban J connectivity index is 1.92. The van der Waals surface area contributed by atoms with Gasteiger partial charge in [-0.15, -0.1) is 0 Å². The second kappa shape index (κ2) is 7.26. The zero-order valence-electron chi connectivity index (χ0n) is 15.0. The number of aromatic nitrogens is 1. The van der Waals surface area contributed by atoms with Crippen molar-refractivity contribution >= 4 is 54.0 Å². The lowest BCUT2D eigenvalue weighted by atomic mass is 10.2. The molecular formula is C18H14ClF3N2O3S2. The number of sulfone groups is 1. The molecule has 0 aliphatic heterocycles. The SMILES string of the molecule is CC(C)(C(=O)Nc1nc2ccc(Cl)cc2s1)S(=O)(=O)c1cccc(C(F)(F)F)c1. The summed E-state index contributed by atoms with van der Waals surface area (Å²) in [6.07, 6.45) is -4.71. The van der Waals surface area contributed by atoms with E-state index in [2.05, 4.69) is 10.3 Å². The molecule has 1 aromatic heterocycles. The molecule has 0 radical (unpaired) electrons. The number of nitrogens with zero attached hydrogens (tertiary/aromatic N) is 1. The summed E-state index contributed by atoms with van der Waals surface area (Å²) in [5, 5.41) is 3.07. The Bertz CT molecular complexity index is 1200. The first-order chi connectivity index (χ1) is 13.3. The maximum Gasteiger partial charge on any atom is 0.416 e. The summed E-state index contributed by atoms with van der Waals surface area (Å²) in [5.74, 6) is -0.917. The van der Waals surface area contributed by atoms with Crippen molar-refractivity contribution in [2.24, 2.45) is 0 Å². The number of thiazole rings is 1. The normalized spacial score (nSPS) is 12.9. The number of nitrogens with one attached hydrogen (secondary N) is 1. The van der Waals surface area contributed by atoms with E-state index in [1.807, 2.05) is 0 Å². The van der Waals surface area contributed by atoms with E-state index in [0.29, 0.717) is 21.3 Å². The number of alkyl halides is 3. The van der Waals surface area contributed by atoms with Crippen LogP contribution in [0.15, 0.2) is 47.4 Å². The van der Waals surface area contributed by atoms with Gasteiger partial charge in [0.05, 0.1) is 20.7 Å². The van der Waals surface area contributed by atoms with E-state index >= 15 is 0 Å². The number of anilines is 1. The molecular weight excluding hydrogens is 449 g/mol. The monoisotopic (exact) mass is 462 g/mol. The van der Waals surface area contributed by atoms with Gasteiger partial charge in [0.1, 0.15) is 4.75 Å². The number of hydrogen-bond donors (Lipinski definition) is 1. The number of benzene rings is 2. The highest BCUT2D eigenvalue weighted by Crippen LogP contribution is 2.34. The lowest BCUT2D eigenvalue weighted by molar-refractivity contribution is -0.137. The zero-order valence-corrected chi connectivity index (χ0v) is 17.4. The number of halogens is 4. The van der Waals surface area contributed by atoms with Gasteiger partial charge in [-0.2, -0.15) is 13.2 Å². The van der Waals surface area contributed by atoms with Gasteiger partial charge in [0.25, 0.3) is 0 Å². The molecule has 154 valence electrons. The van der Waals surface area contributed by atoms with Gasteiger partial charge in [-0.1, -0.05) is 29.0 Å².